The summed E-state index contributed by atoms with van der Waals surface area (Å²) in [4.78, 5) is 29.5. The van der Waals surface area contributed by atoms with Gasteiger partial charge in [-0.2, -0.15) is 5.10 Å². The minimum Gasteiger partial charge on any atom is -0.467 e. The second-order valence-corrected chi connectivity index (χ2v) is 9.32. The number of piperidine rings is 2. The number of hydrogen-bond donors (Lipinski definition) is 1. The van der Waals surface area contributed by atoms with E-state index in [2.05, 4.69) is 29.5 Å². The van der Waals surface area contributed by atoms with Crippen LogP contribution >= 0.6 is 0 Å². The maximum Gasteiger partial charge on any atom is 0.317 e. The Labute approximate surface area is 193 Å². The third-order valence-electron chi connectivity index (χ3n) is 7.09. The van der Waals surface area contributed by atoms with Crippen molar-refractivity contribution in [2.45, 2.75) is 45.1 Å². The van der Waals surface area contributed by atoms with Crippen LogP contribution < -0.4 is 5.32 Å². The number of rotatable bonds is 4. The first-order valence-corrected chi connectivity index (χ1v) is 11.9. The van der Waals surface area contributed by atoms with Crippen LogP contribution in [0, 0.1) is 5.92 Å². The summed E-state index contributed by atoms with van der Waals surface area (Å²) in [5, 5.41) is 7.34. The Balaban J connectivity index is 1.23. The zero-order valence-corrected chi connectivity index (χ0v) is 19.1. The summed E-state index contributed by atoms with van der Waals surface area (Å²) in [6.45, 7) is 5.69. The number of amides is 3. The molecule has 1 N–H and O–H groups in total. The molecule has 0 aliphatic carbocycles. The molecular weight excluding hydrogens is 418 g/mol. The molecule has 174 valence electrons. The SMILES string of the molecule is CC1CCN(C(=O)c2cnn3ccc(C4CCN(C(=O)NCc5ccco5)CC4)cc23)CC1. The van der Waals surface area contributed by atoms with Gasteiger partial charge in [-0.25, -0.2) is 9.31 Å². The first kappa shape index (κ1) is 21.6. The summed E-state index contributed by atoms with van der Waals surface area (Å²) in [6.07, 6.45) is 9.16. The van der Waals surface area contributed by atoms with Gasteiger partial charge in [-0.05, 0) is 67.3 Å². The average Bonchev–Trinajstić information content (AvgIpc) is 3.52. The number of carbonyl (C=O) groups excluding carboxylic acids is 2. The van der Waals surface area contributed by atoms with E-state index in [-0.39, 0.29) is 11.9 Å². The Morgan fingerprint density at radius 3 is 2.58 bits per heavy atom. The molecule has 8 nitrogen and oxygen atoms in total. The molecule has 0 spiro atoms. The van der Waals surface area contributed by atoms with E-state index >= 15 is 0 Å². The number of fused-ring (bicyclic) bond motifs is 1. The fourth-order valence-corrected chi connectivity index (χ4v) is 4.90. The van der Waals surface area contributed by atoms with Crippen molar-refractivity contribution in [3.63, 3.8) is 0 Å². The summed E-state index contributed by atoms with van der Waals surface area (Å²) >= 11 is 0. The quantitative estimate of drug-likeness (QED) is 0.655. The molecular formula is C25H31N5O3. The van der Waals surface area contributed by atoms with E-state index in [1.54, 1.807) is 17.0 Å². The van der Waals surface area contributed by atoms with Crippen LogP contribution in [-0.4, -0.2) is 57.5 Å². The zero-order valence-electron chi connectivity index (χ0n) is 19.1. The fraction of sp³-hybridized carbons (Fsp3) is 0.480. The van der Waals surface area contributed by atoms with Crippen LogP contribution in [0.3, 0.4) is 0 Å². The Morgan fingerprint density at radius 2 is 1.85 bits per heavy atom. The van der Waals surface area contributed by atoms with Gasteiger partial charge in [0.15, 0.2) is 0 Å². The average molecular weight is 450 g/mol. The highest BCUT2D eigenvalue weighted by molar-refractivity contribution is 6.00. The van der Waals surface area contributed by atoms with E-state index in [1.807, 2.05) is 28.1 Å². The number of carbonyl (C=O) groups is 2. The van der Waals surface area contributed by atoms with Gasteiger partial charge in [0.25, 0.3) is 5.91 Å². The maximum absolute atomic E-state index is 13.1. The Hall–Kier alpha value is -3.29. The Bertz CT molecular complexity index is 1110. The number of nitrogens with one attached hydrogen (secondary N) is 1. The van der Waals surface area contributed by atoms with Crippen LogP contribution in [0.5, 0.6) is 0 Å². The number of urea groups is 1. The molecule has 0 radical (unpaired) electrons. The summed E-state index contributed by atoms with van der Waals surface area (Å²) in [7, 11) is 0. The van der Waals surface area contributed by atoms with Gasteiger partial charge in [-0.3, -0.25) is 4.79 Å². The second-order valence-electron chi connectivity index (χ2n) is 9.32. The van der Waals surface area contributed by atoms with Crippen molar-refractivity contribution < 1.29 is 14.0 Å². The summed E-state index contributed by atoms with van der Waals surface area (Å²) < 4.78 is 7.07. The standard InChI is InChI=1S/C25H31N5O3/c1-18-4-9-28(10-5-18)24(31)22-17-27-30-13-8-20(15-23(22)30)19-6-11-29(12-7-19)25(32)26-16-21-3-2-14-33-21/h2-3,8,13-15,17-19H,4-7,9-12,16H2,1H3,(H,26,32). The molecule has 0 saturated carbocycles. The molecule has 33 heavy (non-hydrogen) atoms. The monoisotopic (exact) mass is 449 g/mol. The lowest BCUT2D eigenvalue weighted by atomic mass is 9.89. The van der Waals surface area contributed by atoms with Crippen LogP contribution in [-0.2, 0) is 6.54 Å². The Kier molecular flexibility index (Phi) is 6.07. The molecule has 2 saturated heterocycles. The molecule has 0 unspecified atom stereocenters. The van der Waals surface area contributed by atoms with Gasteiger partial charge < -0.3 is 19.5 Å². The predicted molar refractivity (Wildman–Crippen MR) is 124 cm³/mol. The van der Waals surface area contributed by atoms with Gasteiger partial charge in [0.05, 0.1) is 30.1 Å². The smallest absolute Gasteiger partial charge is 0.317 e. The summed E-state index contributed by atoms with van der Waals surface area (Å²) in [6, 6.07) is 7.82. The first-order valence-electron chi connectivity index (χ1n) is 11.9. The van der Waals surface area contributed by atoms with E-state index in [9.17, 15) is 9.59 Å². The van der Waals surface area contributed by atoms with E-state index in [0.29, 0.717) is 37.0 Å². The molecule has 5 rings (SSSR count). The van der Waals surface area contributed by atoms with Crippen molar-refractivity contribution in [3.8, 4) is 0 Å². The highest BCUT2D eigenvalue weighted by Gasteiger charge is 2.26. The second kappa shape index (κ2) is 9.29. The minimum atomic E-state index is -0.0557. The number of likely N-dealkylation sites (tertiary alicyclic amines) is 2. The maximum atomic E-state index is 13.1. The lowest BCUT2D eigenvalue weighted by molar-refractivity contribution is 0.0699. The molecule has 3 aromatic heterocycles. The predicted octanol–water partition coefficient (Wildman–Crippen LogP) is 3.89. The minimum absolute atomic E-state index is 0.0557. The summed E-state index contributed by atoms with van der Waals surface area (Å²) in [5.41, 5.74) is 2.76. The van der Waals surface area contributed by atoms with Gasteiger partial charge in [0, 0.05) is 32.4 Å². The lowest BCUT2D eigenvalue weighted by Crippen LogP contribution is -2.43. The molecule has 8 heteroatoms. The van der Waals surface area contributed by atoms with Gasteiger partial charge in [-0.15, -0.1) is 0 Å². The van der Waals surface area contributed by atoms with E-state index < -0.39 is 0 Å². The molecule has 3 aromatic rings. The molecule has 2 aliphatic rings. The zero-order chi connectivity index (χ0) is 22.8. The van der Waals surface area contributed by atoms with Crippen molar-refractivity contribution in [1.29, 1.82) is 0 Å². The third kappa shape index (κ3) is 4.60. The van der Waals surface area contributed by atoms with Crippen LogP contribution in [0.4, 0.5) is 4.79 Å². The largest absolute Gasteiger partial charge is 0.467 e. The number of pyridine rings is 1. The van der Waals surface area contributed by atoms with Crippen LogP contribution in [0.25, 0.3) is 5.52 Å². The van der Waals surface area contributed by atoms with Crippen molar-refractivity contribution >= 4 is 17.5 Å². The summed E-state index contributed by atoms with van der Waals surface area (Å²) in [5.74, 6) is 1.87. The van der Waals surface area contributed by atoms with Crippen molar-refractivity contribution in [2.75, 3.05) is 26.2 Å². The topological polar surface area (TPSA) is 83.1 Å². The molecule has 0 bridgehead atoms. The molecule has 0 atom stereocenters. The van der Waals surface area contributed by atoms with Gasteiger partial charge in [0.2, 0.25) is 0 Å². The number of aromatic nitrogens is 2. The van der Waals surface area contributed by atoms with Gasteiger partial charge >= 0.3 is 6.03 Å². The van der Waals surface area contributed by atoms with Crippen molar-refractivity contribution in [3.05, 3.63) is 59.8 Å². The van der Waals surface area contributed by atoms with Crippen LogP contribution in [0.1, 0.15) is 60.2 Å². The highest BCUT2D eigenvalue weighted by atomic mass is 16.3. The lowest BCUT2D eigenvalue weighted by Gasteiger charge is -2.32. The van der Waals surface area contributed by atoms with Crippen LogP contribution in [0.15, 0.2) is 47.3 Å². The van der Waals surface area contributed by atoms with Crippen molar-refractivity contribution in [1.82, 2.24) is 24.7 Å². The van der Waals surface area contributed by atoms with Gasteiger partial charge in [-0.1, -0.05) is 6.92 Å². The molecule has 2 fully saturated rings. The van der Waals surface area contributed by atoms with Crippen molar-refractivity contribution in [2.24, 2.45) is 5.92 Å². The number of furan rings is 1. The molecule has 3 amide bonds. The Morgan fingerprint density at radius 1 is 1.09 bits per heavy atom. The van der Waals surface area contributed by atoms with E-state index in [0.717, 1.165) is 50.0 Å². The fourth-order valence-electron chi connectivity index (χ4n) is 4.90. The number of hydrogen-bond acceptors (Lipinski definition) is 4. The van der Waals surface area contributed by atoms with Crippen LogP contribution in [0.2, 0.25) is 0 Å². The number of nitrogens with zero attached hydrogens (tertiary/aromatic N) is 4. The van der Waals surface area contributed by atoms with E-state index in [4.69, 9.17) is 4.42 Å². The van der Waals surface area contributed by atoms with E-state index in [1.165, 1.54) is 5.56 Å². The third-order valence-corrected chi connectivity index (χ3v) is 7.09. The van der Waals surface area contributed by atoms with Gasteiger partial charge in [0.1, 0.15) is 5.76 Å². The molecule has 2 aliphatic heterocycles. The molecule has 0 aromatic carbocycles. The highest BCUT2D eigenvalue weighted by Crippen LogP contribution is 2.30. The molecule has 5 heterocycles. The normalized spacial score (nSPS) is 18.1. The first-order chi connectivity index (χ1) is 16.1.